The van der Waals surface area contributed by atoms with Gasteiger partial charge >= 0.3 is 0 Å². The molecule has 1 atom stereocenters. The number of carbonyl (C=O) groups excluding carboxylic acids is 1. The van der Waals surface area contributed by atoms with Crippen molar-refractivity contribution < 1.29 is 18.3 Å². The number of ether oxygens (including phenoxy) is 1. The number of hydrogen-bond acceptors (Lipinski definition) is 7. The van der Waals surface area contributed by atoms with Gasteiger partial charge in [0.05, 0.1) is 22.8 Å². The van der Waals surface area contributed by atoms with Crippen molar-refractivity contribution in [1.82, 2.24) is 15.0 Å². The summed E-state index contributed by atoms with van der Waals surface area (Å²) in [5.41, 5.74) is 6.57. The first kappa shape index (κ1) is 17.5. The number of aromatic nitrogens is 3. The molecular formula is C17H15F2N5O2S. The summed E-state index contributed by atoms with van der Waals surface area (Å²) in [7, 11) is 0. The number of nitrogens with one attached hydrogen (secondary N) is 1. The van der Waals surface area contributed by atoms with Gasteiger partial charge in [0.2, 0.25) is 5.88 Å². The number of rotatable bonds is 6. The molecule has 1 fully saturated rings. The van der Waals surface area contributed by atoms with Crippen LogP contribution < -0.4 is 15.8 Å². The first-order valence-electron chi connectivity index (χ1n) is 8.13. The Morgan fingerprint density at radius 2 is 2.22 bits per heavy atom. The summed E-state index contributed by atoms with van der Waals surface area (Å²) < 4.78 is 31.6. The number of pyridine rings is 1. The van der Waals surface area contributed by atoms with Crippen molar-refractivity contribution in [2.75, 3.05) is 11.9 Å². The fourth-order valence-electron chi connectivity index (χ4n) is 2.76. The van der Waals surface area contributed by atoms with E-state index in [1.54, 1.807) is 19.1 Å². The van der Waals surface area contributed by atoms with Crippen LogP contribution in [0.2, 0.25) is 0 Å². The van der Waals surface area contributed by atoms with Crippen molar-refractivity contribution in [1.29, 1.82) is 0 Å². The molecule has 3 N–H and O–H groups in total. The number of alkyl halides is 2. The van der Waals surface area contributed by atoms with E-state index in [1.165, 1.54) is 23.9 Å². The highest BCUT2D eigenvalue weighted by molar-refractivity contribution is 7.20. The van der Waals surface area contributed by atoms with Crippen LogP contribution in [0.15, 0.2) is 24.7 Å². The van der Waals surface area contributed by atoms with Gasteiger partial charge in [0, 0.05) is 12.6 Å². The topological polar surface area (TPSA) is 103 Å². The lowest BCUT2D eigenvalue weighted by atomic mass is 10.2. The number of fused-ring (bicyclic) bond motifs is 1. The summed E-state index contributed by atoms with van der Waals surface area (Å²) in [5.74, 6) is -3.31. The molecule has 1 saturated carbocycles. The number of halogens is 2. The van der Waals surface area contributed by atoms with E-state index >= 15 is 0 Å². The fraction of sp³-hybridized carbons (Fsp3) is 0.294. The van der Waals surface area contributed by atoms with Crippen LogP contribution in [0, 0.1) is 12.8 Å². The number of amides is 1. The number of nitrogens with zero attached hydrogens (tertiary/aromatic N) is 3. The lowest BCUT2D eigenvalue weighted by Crippen LogP contribution is -2.10. The zero-order chi connectivity index (χ0) is 19.2. The van der Waals surface area contributed by atoms with E-state index in [2.05, 4.69) is 20.3 Å². The predicted octanol–water partition coefficient (Wildman–Crippen LogP) is 3.27. The normalized spacial score (nSPS) is 17.7. The van der Waals surface area contributed by atoms with Gasteiger partial charge in [0.1, 0.15) is 22.7 Å². The van der Waals surface area contributed by atoms with E-state index in [1.807, 2.05) is 0 Å². The summed E-state index contributed by atoms with van der Waals surface area (Å²) in [6.45, 7) is 1.66. The van der Waals surface area contributed by atoms with Gasteiger partial charge in [0.25, 0.3) is 11.8 Å². The second-order valence-corrected chi connectivity index (χ2v) is 7.28. The average Bonchev–Trinajstić information content (AvgIpc) is 3.08. The lowest BCUT2D eigenvalue weighted by Gasteiger charge is -2.12. The first-order valence-corrected chi connectivity index (χ1v) is 8.95. The zero-order valence-corrected chi connectivity index (χ0v) is 15.0. The molecule has 0 aromatic carbocycles. The van der Waals surface area contributed by atoms with Crippen LogP contribution in [0.5, 0.6) is 5.88 Å². The summed E-state index contributed by atoms with van der Waals surface area (Å²) >= 11 is 1.19. The van der Waals surface area contributed by atoms with Gasteiger partial charge < -0.3 is 15.8 Å². The molecule has 1 amide bonds. The lowest BCUT2D eigenvalue weighted by molar-refractivity contribution is 0.0850. The van der Waals surface area contributed by atoms with Gasteiger partial charge in [-0.25, -0.2) is 23.7 Å². The largest absolute Gasteiger partial charge is 0.476 e. The van der Waals surface area contributed by atoms with Gasteiger partial charge in [0.15, 0.2) is 0 Å². The third-order valence-corrected chi connectivity index (χ3v) is 5.57. The molecule has 27 heavy (non-hydrogen) atoms. The van der Waals surface area contributed by atoms with Crippen LogP contribution in [-0.2, 0) is 0 Å². The van der Waals surface area contributed by atoms with E-state index < -0.39 is 17.7 Å². The van der Waals surface area contributed by atoms with Crippen LogP contribution in [0.4, 0.5) is 20.3 Å². The Morgan fingerprint density at radius 1 is 1.44 bits per heavy atom. The van der Waals surface area contributed by atoms with Crippen molar-refractivity contribution >= 4 is 39.0 Å². The van der Waals surface area contributed by atoms with Crippen molar-refractivity contribution in [2.24, 2.45) is 11.7 Å². The van der Waals surface area contributed by atoms with Crippen LogP contribution in [0.1, 0.15) is 21.7 Å². The molecule has 0 radical (unpaired) electrons. The minimum Gasteiger partial charge on any atom is -0.476 e. The van der Waals surface area contributed by atoms with Crippen LogP contribution >= 0.6 is 11.3 Å². The quantitative estimate of drug-likeness (QED) is 0.668. The van der Waals surface area contributed by atoms with Crippen LogP contribution in [0.25, 0.3) is 10.2 Å². The highest BCUT2D eigenvalue weighted by atomic mass is 32.1. The smallest absolute Gasteiger partial charge is 0.259 e. The average molecular weight is 391 g/mol. The highest BCUT2D eigenvalue weighted by Crippen LogP contribution is 2.48. The van der Waals surface area contributed by atoms with Gasteiger partial charge in [-0.05, 0) is 24.6 Å². The van der Waals surface area contributed by atoms with Gasteiger partial charge in [-0.2, -0.15) is 0 Å². The number of aryl methyl sites for hydroxylation is 1. The molecule has 0 saturated heterocycles. The summed E-state index contributed by atoms with van der Waals surface area (Å²) in [4.78, 5) is 25.2. The molecule has 10 heteroatoms. The maximum Gasteiger partial charge on any atom is 0.259 e. The number of carbonyl (C=O) groups is 1. The zero-order valence-electron chi connectivity index (χ0n) is 14.2. The molecular weight excluding hydrogens is 376 g/mol. The van der Waals surface area contributed by atoms with Crippen molar-refractivity contribution in [2.45, 2.75) is 19.3 Å². The van der Waals surface area contributed by atoms with E-state index in [-0.39, 0.29) is 18.9 Å². The molecule has 4 rings (SSSR count). The van der Waals surface area contributed by atoms with Crippen LogP contribution in [0.3, 0.4) is 0 Å². The third-order valence-electron chi connectivity index (χ3n) is 4.35. The molecule has 1 unspecified atom stereocenters. The SMILES string of the molecule is Cc1c(C(N)=O)sc2ncnc(Nc3cccnc3OCC3CC3(F)F)c12. The Morgan fingerprint density at radius 3 is 2.93 bits per heavy atom. The van der Waals surface area contributed by atoms with E-state index in [9.17, 15) is 13.6 Å². The maximum atomic E-state index is 13.1. The second kappa shape index (κ2) is 6.38. The number of hydrogen-bond donors (Lipinski definition) is 2. The maximum absolute atomic E-state index is 13.1. The minimum absolute atomic E-state index is 0.110. The molecule has 3 heterocycles. The fourth-order valence-corrected chi connectivity index (χ4v) is 3.76. The van der Waals surface area contributed by atoms with Gasteiger partial charge in [-0.3, -0.25) is 4.79 Å². The van der Waals surface area contributed by atoms with Crippen molar-refractivity contribution in [3.8, 4) is 5.88 Å². The Kier molecular flexibility index (Phi) is 4.14. The molecule has 3 aromatic rings. The highest BCUT2D eigenvalue weighted by Gasteiger charge is 2.57. The Labute approximate surface area is 156 Å². The molecule has 3 aromatic heterocycles. The molecule has 7 nitrogen and oxygen atoms in total. The van der Waals surface area contributed by atoms with Gasteiger partial charge in [-0.15, -0.1) is 11.3 Å². The first-order chi connectivity index (χ1) is 12.9. The van der Waals surface area contributed by atoms with Crippen molar-refractivity contribution in [3.63, 3.8) is 0 Å². The second-order valence-electron chi connectivity index (χ2n) is 6.28. The molecule has 1 aliphatic rings. The van der Waals surface area contributed by atoms with E-state index in [0.717, 1.165) is 0 Å². The monoisotopic (exact) mass is 391 g/mol. The van der Waals surface area contributed by atoms with Gasteiger partial charge in [-0.1, -0.05) is 0 Å². The Bertz CT molecular complexity index is 1040. The third kappa shape index (κ3) is 3.27. The summed E-state index contributed by atoms with van der Waals surface area (Å²) in [6, 6.07) is 3.40. The molecule has 0 spiro atoms. The number of anilines is 2. The molecule has 1 aliphatic carbocycles. The molecule has 0 aliphatic heterocycles. The molecule has 0 bridgehead atoms. The van der Waals surface area contributed by atoms with E-state index in [4.69, 9.17) is 10.5 Å². The number of thiophene rings is 1. The van der Waals surface area contributed by atoms with Crippen LogP contribution in [-0.4, -0.2) is 33.4 Å². The van der Waals surface area contributed by atoms with Crippen molar-refractivity contribution in [3.05, 3.63) is 35.1 Å². The number of primary amides is 1. The predicted molar refractivity (Wildman–Crippen MR) is 96.7 cm³/mol. The Hall–Kier alpha value is -2.88. The summed E-state index contributed by atoms with van der Waals surface area (Å²) in [6.07, 6.45) is 2.72. The standard InChI is InChI=1S/C17H15F2N5O2S/c1-8-11-14(22-7-23-16(11)27-12(8)13(20)25)24-10-3-2-4-21-15(10)26-6-9-5-17(9,18)19/h2-4,7,9H,5-6H2,1H3,(H2,20,25)(H,22,23,24). The number of nitrogens with two attached hydrogens (primary N) is 1. The van der Waals surface area contributed by atoms with E-state index in [0.29, 0.717) is 32.2 Å². The summed E-state index contributed by atoms with van der Waals surface area (Å²) in [5, 5.41) is 3.77. The minimum atomic E-state index is -2.65. The molecule has 140 valence electrons. The Balaban J connectivity index is 1.64.